The molecule has 1 atom stereocenters. The standard InChI is InChI=1S/C18H21ClN2O3/c1-13-6-9-24-17(13)18(22)20-12-16(21-7-10-23-11-8-21)14-2-4-15(19)5-3-14/h2-6,9,16H,7-8,10-12H2,1H3,(H,20,22)/t16-/m1/s1. The van der Waals surface area contributed by atoms with Crippen LogP contribution in [0.5, 0.6) is 0 Å². The van der Waals surface area contributed by atoms with Crippen LogP contribution >= 0.6 is 11.6 Å². The number of morpholine rings is 1. The number of nitrogens with one attached hydrogen (secondary N) is 1. The summed E-state index contributed by atoms with van der Waals surface area (Å²) >= 11 is 6.00. The molecule has 1 aromatic carbocycles. The van der Waals surface area contributed by atoms with Crippen LogP contribution in [0.3, 0.4) is 0 Å². The monoisotopic (exact) mass is 348 g/mol. The van der Waals surface area contributed by atoms with Crippen LogP contribution in [0, 0.1) is 6.92 Å². The number of rotatable bonds is 5. The maximum Gasteiger partial charge on any atom is 0.287 e. The average molecular weight is 349 g/mol. The lowest BCUT2D eigenvalue weighted by Crippen LogP contribution is -2.43. The minimum atomic E-state index is -0.190. The Morgan fingerprint density at radius 2 is 1.96 bits per heavy atom. The van der Waals surface area contributed by atoms with Crippen LogP contribution in [0.4, 0.5) is 0 Å². The minimum Gasteiger partial charge on any atom is -0.459 e. The van der Waals surface area contributed by atoms with E-state index in [0.717, 1.165) is 24.2 Å². The lowest BCUT2D eigenvalue weighted by Gasteiger charge is -2.34. The largest absolute Gasteiger partial charge is 0.459 e. The van der Waals surface area contributed by atoms with Gasteiger partial charge in [-0.25, -0.2) is 0 Å². The van der Waals surface area contributed by atoms with Crippen LogP contribution in [0.15, 0.2) is 41.0 Å². The number of carbonyl (C=O) groups excluding carboxylic acids is 1. The van der Waals surface area contributed by atoms with Crippen molar-refractivity contribution in [3.8, 4) is 0 Å². The number of nitrogens with zero attached hydrogens (tertiary/aromatic N) is 1. The zero-order valence-electron chi connectivity index (χ0n) is 13.6. The Balaban J connectivity index is 1.73. The van der Waals surface area contributed by atoms with Gasteiger partial charge in [0.1, 0.15) is 0 Å². The highest BCUT2D eigenvalue weighted by Crippen LogP contribution is 2.23. The van der Waals surface area contributed by atoms with Gasteiger partial charge >= 0.3 is 0 Å². The van der Waals surface area contributed by atoms with Crippen LogP contribution in [-0.2, 0) is 4.74 Å². The van der Waals surface area contributed by atoms with Crippen molar-refractivity contribution < 1.29 is 13.9 Å². The lowest BCUT2D eigenvalue weighted by molar-refractivity contribution is 0.0161. The fourth-order valence-corrected chi connectivity index (χ4v) is 3.03. The van der Waals surface area contributed by atoms with Gasteiger partial charge in [-0.05, 0) is 30.7 Å². The van der Waals surface area contributed by atoms with E-state index in [1.54, 1.807) is 6.07 Å². The Morgan fingerprint density at radius 1 is 1.25 bits per heavy atom. The number of amides is 1. The van der Waals surface area contributed by atoms with Crippen molar-refractivity contribution in [1.29, 1.82) is 0 Å². The number of aryl methyl sites for hydroxylation is 1. The van der Waals surface area contributed by atoms with E-state index in [-0.39, 0.29) is 11.9 Å². The van der Waals surface area contributed by atoms with Crippen LogP contribution in [0.1, 0.15) is 27.7 Å². The van der Waals surface area contributed by atoms with Gasteiger partial charge in [0.15, 0.2) is 5.76 Å². The molecule has 0 bridgehead atoms. The van der Waals surface area contributed by atoms with Gasteiger partial charge in [-0.1, -0.05) is 23.7 Å². The fraction of sp³-hybridized carbons (Fsp3) is 0.389. The first-order valence-electron chi connectivity index (χ1n) is 8.04. The molecule has 2 aromatic rings. The van der Waals surface area contributed by atoms with Gasteiger partial charge in [0, 0.05) is 30.2 Å². The summed E-state index contributed by atoms with van der Waals surface area (Å²) in [5, 5.41) is 3.69. The van der Waals surface area contributed by atoms with Crippen molar-refractivity contribution in [3.05, 3.63) is 58.5 Å². The molecule has 1 amide bonds. The first-order chi connectivity index (χ1) is 11.6. The van der Waals surface area contributed by atoms with Gasteiger partial charge in [-0.15, -0.1) is 0 Å². The summed E-state index contributed by atoms with van der Waals surface area (Å²) in [4.78, 5) is 14.7. The molecule has 24 heavy (non-hydrogen) atoms. The lowest BCUT2D eigenvalue weighted by atomic mass is 10.0. The second kappa shape index (κ2) is 7.83. The molecular weight excluding hydrogens is 328 g/mol. The number of halogens is 1. The van der Waals surface area contributed by atoms with Crippen molar-refractivity contribution in [2.75, 3.05) is 32.8 Å². The molecule has 0 saturated carbocycles. The molecule has 1 aliphatic heterocycles. The summed E-state index contributed by atoms with van der Waals surface area (Å²) in [6.45, 7) is 5.44. The van der Waals surface area contributed by atoms with Gasteiger partial charge < -0.3 is 14.5 Å². The number of carbonyl (C=O) groups is 1. The van der Waals surface area contributed by atoms with Gasteiger partial charge in [-0.2, -0.15) is 0 Å². The minimum absolute atomic E-state index is 0.0744. The Morgan fingerprint density at radius 3 is 2.58 bits per heavy atom. The summed E-state index contributed by atoms with van der Waals surface area (Å²) in [5.74, 6) is 0.177. The third-order valence-corrected chi connectivity index (χ3v) is 4.52. The molecule has 3 rings (SSSR count). The SMILES string of the molecule is Cc1ccoc1C(=O)NC[C@H](c1ccc(Cl)cc1)N1CCOCC1. The van der Waals surface area contributed by atoms with Crippen LogP contribution in [-0.4, -0.2) is 43.7 Å². The summed E-state index contributed by atoms with van der Waals surface area (Å²) < 4.78 is 10.7. The molecule has 1 aliphatic rings. The molecule has 128 valence electrons. The normalized spacial score (nSPS) is 16.8. The third kappa shape index (κ3) is 3.98. The van der Waals surface area contributed by atoms with Gasteiger partial charge in [0.2, 0.25) is 0 Å². The molecule has 1 saturated heterocycles. The Bertz CT molecular complexity index is 678. The summed E-state index contributed by atoms with van der Waals surface area (Å²) in [6, 6.07) is 9.63. The van der Waals surface area contributed by atoms with Crippen molar-refractivity contribution in [2.45, 2.75) is 13.0 Å². The van der Waals surface area contributed by atoms with E-state index in [1.165, 1.54) is 6.26 Å². The van der Waals surface area contributed by atoms with Gasteiger partial charge in [-0.3, -0.25) is 9.69 Å². The number of hydrogen-bond acceptors (Lipinski definition) is 4. The summed E-state index contributed by atoms with van der Waals surface area (Å²) in [7, 11) is 0. The maximum atomic E-state index is 12.3. The number of ether oxygens (including phenoxy) is 1. The maximum absolute atomic E-state index is 12.3. The van der Waals surface area contributed by atoms with E-state index in [0.29, 0.717) is 30.5 Å². The average Bonchev–Trinajstić information content (AvgIpc) is 3.03. The quantitative estimate of drug-likeness (QED) is 0.902. The Labute approximate surface area is 146 Å². The highest BCUT2D eigenvalue weighted by Gasteiger charge is 2.24. The first-order valence-corrected chi connectivity index (χ1v) is 8.42. The van der Waals surface area contributed by atoms with Crippen LogP contribution < -0.4 is 5.32 Å². The van der Waals surface area contributed by atoms with E-state index in [4.69, 9.17) is 20.8 Å². The van der Waals surface area contributed by atoms with E-state index in [2.05, 4.69) is 10.2 Å². The highest BCUT2D eigenvalue weighted by molar-refractivity contribution is 6.30. The number of benzene rings is 1. The Kier molecular flexibility index (Phi) is 5.56. The van der Waals surface area contributed by atoms with Crippen molar-refractivity contribution in [2.24, 2.45) is 0 Å². The zero-order chi connectivity index (χ0) is 16.9. The predicted molar refractivity (Wildman–Crippen MR) is 92.4 cm³/mol. The molecule has 1 fully saturated rings. The summed E-state index contributed by atoms with van der Waals surface area (Å²) in [6.07, 6.45) is 1.53. The molecule has 6 heteroatoms. The predicted octanol–water partition coefficient (Wildman–Crippen LogP) is 3.04. The highest BCUT2D eigenvalue weighted by atomic mass is 35.5. The fourth-order valence-electron chi connectivity index (χ4n) is 2.91. The first kappa shape index (κ1) is 17.0. The van der Waals surface area contributed by atoms with E-state index in [1.807, 2.05) is 31.2 Å². The zero-order valence-corrected chi connectivity index (χ0v) is 14.4. The van der Waals surface area contributed by atoms with E-state index in [9.17, 15) is 4.79 Å². The molecular formula is C18H21ClN2O3. The second-order valence-corrected chi connectivity index (χ2v) is 6.29. The van der Waals surface area contributed by atoms with Crippen molar-refractivity contribution >= 4 is 17.5 Å². The summed E-state index contributed by atoms with van der Waals surface area (Å²) in [5.41, 5.74) is 1.96. The molecule has 2 heterocycles. The van der Waals surface area contributed by atoms with Gasteiger partial charge in [0.05, 0.1) is 25.5 Å². The molecule has 5 nitrogen and oxygen atoms in total. The van der Waals surface area contributed by atoms with Gasteiger partial charge in [0.25, 0.3) is 5.91 Å². The molecule has 0 aliphatic carbocycles. The van der Waals surface area contributed by atoms with E-state index < -0.39 is 0 Å². The smallest absolute Gasteiger partial charge is 0.287 e. The van der Waals surface area contributed by atoms with Crippen molar-refractivity contribution in [3.63, 3.8) is 0 Å². The molecule has 0 unspecified atom stereocenters. The molecule has 0 radical (unpaired) electrons. The second-order valence-electron chi connectivity index (χ2n) is 5.86. The van der Waals surface area contributed by atoms with Crippen molar-refractivity contribution in [1.82, 2.24) is 10.2 Å². The molecule has 0 spiro atoms. The number of furan rings is 1. The van der Waals surface area contributed by atoms with Crippen LogP contribution in [0.25, 0.3) is 0 Å². The Hall–Kier alpha value is -1.82. The van der Waals surface area contributed by atoms with E-state index >= 15 is 0 Å². The molecule has 1 N–H and O–H groups in total. The third-order valence-electron chi connectivity index (χ3n) is 4.27. The topological polar surface area (TPSA) is 54.7 Å². The number of hydrogen-bond donors (Lipinski definition) is 1. The van der Waals surface area contributed by atoms with Crippen LogP contribution in [0.2, 0.25) is 5.02 Å². The molecule has 1 aromatic heterocycles.